The third-order valence-corrected chi connectivity index (χ3v) is 3.43. The number of hydrogen-bond donors (Lipinski definition) is 1. The summed E-state index contributed by atoms with van der Waals surface area (Å²) in [5.41, 5.74) is 0.0993. The fraction of sp³-hybridized carbons (Fsp3) is 0.250. The number of rotatable bonds is 7. The van der Waals surface area contributed by atoms with Crippen LogP contribution >= 0.6 is 0 Å². The average Bonchev–Trinajstić information content (AvgIpc) is 3.02. The number of aromatic nitrogens is 1. The van der Waals surface area contributed by atoms with Gasteiger partial charge in [0.1, 0.15) is 17.2 Å². The summed E-state index contributed by atoms with van der Waals surface area (Å²) in [5, 5.41) is 13.3. The van der Waals surface area contributed by atoms with Gasteiger partial charge in [-0.25, -0.2) is 4.79 Å². The second kappa shape index (κ2) is 8.01. The van der Waals surface area contributed by atoms with Crippen LogP contribution < -0.4 is 14.8 Å². The van der Waals surface area contributed by atoms with E-state index >= 15 is 0 Å². The number of carbonyl (C=O) groups excluding carboxylic acids is 2. The summed E-state index contributed by atoms with van der Waals surface area (Å²) in [7, 11) is 4.40. The van der Waals surface area contributed by atoms with Crippen molar-refractivity contribution in [2.45, 2.75) is 0 Å². The minimum atomic E-state index is -0.850. The molecule has 2 aromatic rings. The summed E-state index contributed by atoms with van der Waals surface area (Å²) >= 11 is 0. The highest BCUT2D eigenvalue weighted by Gasteiger charge is 2.20. The molecule has 1 amide bonds. The van der Waals surface area contributed by atoms with Crippen LogP contribution in [0.1, 0.15) is 10.5 Å². The zero-order valence-corrected chi connectivity index (χ0v) is 14.3. The molecule has 0 saturated carbocycles. The van der Waals surface area contributed by atoms with E-state index in [1.165, 1.54) is 32.0 Å². The van der Waals surface area contributed by atoms with E-state index in [4.69, 9.17) is 14.2 Å². The molecule has 10 heteroatoms. The normalized spacial score (nSPS) is 10.1. The first-order chi connectivity index (χ1) is 12.3. The van der Waals surface area contributed by atoms with Crippen molar-refractivity contribution in [1.82, 2.24) is 4.57 Å². The van der Waals surface area contributed by atoms with Gasteiger partial charge in [-0.15, -0.1) is 0 Å². The summed E-state index contributed by atoms with van der Waals surface area (Å²) in [5.74, 6) is -0.512. The third kappa shape index (κ3) is 4.29. The summed E-state index contributed by atoms with van der Waals surface area (Å²) in [6, 6.07) is 5.88. The van der Waals surface area contributed by atoms with Gasteiger partial charge in [0, 0.05) is 19.2 Å². The maximum atomic E-state index is 12.0. The molecule has 0 saturated heterocycles. The summed E-state index contributed by atoms with van der Waals surface area (Å²) in [6.07, 6.45) is 1.18. The van der Waals surface area contributed by atoms with Gasteiger partial charge in [0.05, 0.1) is 31.0 Å². The number of ether oxygens (including phenoxy) is 3. The zero-order valence-electron chi connectivity index (χ0n) is 14.3. The molecule has 26 heavy (non-hydrogen) atoms. The van der Waals surface area contributed by atoms with Crippen LogP contribution in [0.5, 0.6) is 11.5 Å². The summed E-state index contributed by atoms with van der Waals surface area (Å²) < 4.78 is 16.4. The van der Waals surface area contributed by atoms with Crippen molar-refractivity contribution in [3.8, 4) is 11.5 Å². The number of benzene rings is 1. The lowest BCUT2D eigenvalue weighted by Gasteiger charge is -2.11. The average molecular weight is 363 g/mol. The highest BCUT2D eigenvalue weighted by atomic mass is 16.6. The number of nitrogens with zero attached hydrogens (tertiary/aromatic N) is 2. The van der Waals surface area contributed by atoms with E-state index in [1.54, 1.807) is 18.2 Å². The second-order valence-corrected chi connectivity index (χ2v) is 5.14. The molecule has 1 aromatic heterocycles. The van der Waals surface area contributed by atoms with Crippen LogP contribution in [-0.4, -0.2) is 42.2 Å². The Bertz CT molecular complexity index is 844. The zero-order chi connectivity index (χ0) is 19.3. The molecule has 0 aliphatic rings. The molecule has 2 rings (SSSR count). The monoisotopic (exact) mass is 363 g/mol. The molecule has 0 aliphatic heterocycles. The number of amides is 1. The van der Waals surface area contributed by atoms with Crippen molar-refractivity contribution in [3.05, 3.63) is 46.3 Å². The fourth-order valence-corrected chi connectivity index (χ4v) is 2.14. The van der Waals surface area contributed by atoms with E-state index < -0.39 is 23.4 Å². The number of methoxy groups -OCH3 is 2. The van der Waals surface area contributed by atoms with Gasteiger partial charge in [-0.05, 0) is 12.1 Å². The van der Waals surface area contributed by atoms with Crippen molar-refractivity contribution >= 4 is 23.3 Å². The SMILES string of the molecule is COc1ccc(NC(=O)COC(=O)c2cc([N+](=O)[O-])cn2C)c(OC)c1. The molecule has 0 aliphatic carbocycles. The molecule has 10 nitrogen and oxygen atoms in total. The Hall–Kier alpha value is -3.56. The van der Waals surface area contributed by atoms with E-state index in [0.29, 0.717) is 17.2 Å². The number of anilines is 1. The van der Waals surface area contributed by atoms with E-state index in [0.717, 1.165) is 6.07 Å². The molecule has 0 bridgehead atoms. The molecule has 0 atom stereocenters. The van der Waals surface area contributed by atoms with Crippen LogP contribution in [0.15, 0.2) is 30.5 Å². The Morgan fingerprint density at radius 3 is 2.54 bits per heavy atom. The third-order valence-electron chi connectivity index (χ3n) is 3.43. The standard InChI is InChI=1S/C16H17N3O7/c1-18-8-10(19(22)23)6-13(18)16(21)26-9-15(20)17-12-5-4-11(24-2)7-14(12)25-3/h4-8H,9H2,1-3H3,(H,17,20). The number of esters is 1. The first-order valence-corrected chi connectivity index (χ1v) is 7.35. The molecule has 138 valence electrons. The number of carbonyl (C=O) groups is 2. The van der Waals surface area contributed by atoms with Gasteiger partial charge in [-0.3, -0.25) is 14.9 Å². The minimum absolute atomic E-state index is 0.0356. The Morgan fingerprint density at radius 1 is 1.23 bits per heavy atom. The Balaban J connectivity index is 1.98. The number of nitro groups is 1. The van der Waals surface area contributed by atoms with E-state index in [1.807, 2.05) is 0 Å². The highest BCUT2D eigenvalue weighted by molar-refractivity contribution is 5.96. The van der Waals surface area contributed by atoms with Gasteiger partial charge in [-0.1, -0.05) is 0 Å². The van der Waals surface area contributed by atoms with Gasteiger partial charge < -0.3 is 24.1 Å². The van der Waals surface area contributed by atoms with Gasteiger partial charge in [0.25, 0.3) is 11.6 Å². The summed E-state index contributed by atoms with van der Waals surface area (Å²) in [6.45, 7) is -0.563. The van der Waals surface area contributed by atoms with Crippen LogP contribution in [0.3, 0.4) is 0 Å². The first kappa shape index (κ1) is 18.8. The van der Waals surface area contributed by atoms with Gasteiger partial charge in [-0.2, -0.15) is 0 Å². The minimum Gasteiger partial charge on any atom is -0.497 e. The fourth-order valence-electron chi connectivity index (χ4n) is 2.14. The van der Waals surface area contributed by atoms with E-state index in [-0.39, 0.29) is 11.4 Å². The second-order valence-electron chi connectivity index (χ2n) is 5.14. The lowest BCUT2D eigenvalue weighted by atomic mass is 10.2. The quantitative estimate of drug-likeness (QED) is 0.452. The predicted octanol–water partition coefficient (Wildman–Crippen LogP) is 1.75. The molecule has 1 N–H and O–H groups in total. The molecule has 0 fully saturated rings. The topological polar surface area (TPSA) is 122 Å². The lowest BCUT2D eigenvalue weighted by Crippen LogP contribution is -2.22. The van der Waals surface area contributed by atoms with Crippen molar-refractivity contribution in [1.29, 1.82) is 0 Å². The molecular weight excluding hydrogens is 346 g/mol. The predicted molar refractivity (Wildman–Crippen MR) is 90.5 cm³/mol. The van der Waals surface area contributed by atoms with Crippen molar-refractivity contribution in [3.63, 3.8) is 0 Å². The van der Waals surface area contributed by atoms with Crippen molar-refractivity contribution < 1.29 is 28.7 Å². The van der Waals surface area contributed by atoms with Crippen LogP contribution in [0.4, 0.5) is 11.4 Å². The molecule has 0 spiro atoms. The van der Waals surface area contributed by atoms with E-state index in [9.17, 15) is 19.7 Å². The Kier molecular flexibility index (Phi) is 5.78. The molecule has 1 aromatic carbocycles. The highest BCUT2D eigenvalue weighted by Crippen LogP contribution is 2.28. The molecule has 0 unspecified atom stereocenters. The Labute approximate surface area is 148 Å². The smallest absolute Gasteiger partial charge is 0.355 e. The van der Waals surface area contributed by atoms with E-state index in [2.05, 4.69) is 5.32 Å². The van der Waals surface area contributed by atoms with Gasteiger partial charge >= 0.3 is 5.97 Å². The van der Waals surface area contributed by atoms with Crippen molar-refractivity contribution in [2.75, 3.05) is 26.1 Å². The largest absolute Gasteiger partial charge is 0.497 e. The van der Waals surface area contributed by atoms with Gasteiger partial charge in [0.2, 0.25) is 0 Å². The van der Waals surface area contributed by atoms with Crippen LogP contribution in [0.2, 0.25) is 0 Å². The number of aryl methyl sites for hydroxylation is 1. The molecule has 1 heterocycles. The lowest BCUT2D eigenvalue weighted by molar-refractivity contribution is -0.384. The van der Waals surface area contributed by atoms with Crippen molar-refractivity contribution in [2.24, 2.45) is 7.05 Å². The number of nitrogens with one attached hydrogen (secondary N) is 1. The Morgan fingerprint density at radius 2 is 1.96 bits per heavy atom. The summed E-state index contributed by atoms with van der Waals surface area (Å²) in [4.78, 5) is 34.1. The van der Waals surface area contributed by atoms with Gasteiger partial charge in [0.15, 0.2) is 6.61 Å². The molecule has 0 radical (unpaired) electrons. The van der Waals surface area contributed by atoms with Crippen LogP contribution in [-0.2, 0) is 16.6 Å². The van der Waals surface area contributed by atoms with Crippen LogP contribution in [0, 0.1) is 10.1 Å². The number of hydrogen-bond acceptors (Lipinski definition) is 7. The first-order valence-electron chi connectivity index (χ1n) is 7.35. The van der Waals surface area contributed by atoms with Crippen LogP contribution in [0.25, 0.3) is 0 Å². The maximum absolute atomic E-state index is 12.0. The molecular formula is C16H17N3O7. The maximum Gasteiger partial charge on any atom is 0.355 e.